The molecular weight excluding hydrogens is 364 g/mol. The van der Waals surface area contributed by atoms with E-state index in [0.717, 1.165) is 11.1 Å². The standard InChI is InChI=1S/C23H22N4O2/c1-16-9-3-5-11-19(16)17(2)26-23(20-12-6-7-13-21(20)24)25-15-18-10-4-8-14-22(18)27(28)29/h3-14H,2,15,24H2,1H3,(H,25,26). The van der Waals surface area contributed by atoms with Crippen molar-refractivity contribution >= 4 is 22.9 Å². The second-order valence-corrected chi connectivity index (χ2v) is 6.56. The van der Waals surface area contributed by atoms with Crippen molar-refractivity contribution in [2.75, 3.05) is 5.73 Å². The first-order chi connectivity index (χ1) is 14.0. The van der Waals surface area contributed by atoms with Crippen molar-refractivity contribution in [3.8, 4) is 0 Å². The SMILES string of the molecule is C=C(NC(=NCc1ccccc1[N+](=O)[O-])c1ccccc1N)c1ccccc1C. The van der Waals surface area contributed by atoms with E-state index in [1.165, 1.54) is 6.07 Å². The number of amidine groups is 1. The molecule has 0 amide bonds. The molecule has 0 aliphatic carbocycles. The lowest BCUT2D eigenvalue weighted by Gasteiger charge is -2.16. The minimum Gasteiger partial charge on any atom is -0.398 e. The molecule has 0 saturated heterocycles. The Morgan fingerprint density at radius 2 is 1.66 bits per heavy atom. The van der Waals surface area contributed by atoms with E-state index in [4.69, 9.17) is 5.73 Å². The largest absolute Gasteiger partial charge is 0.398 e. The normalized spacial score (nSPS) is 11.1. The lowest BCUT2D eigenvalue weighted by atomic mass is 10.1. The molecular formula is C23H22N4O2. The third-order valence-corrected chi connectivity index (χ3v) is 4.55. The lowest BCUT2D eigenvalue weighted by molar-refractivity contribution is -0.385. The molecule has 0 atom stereocenters. The molecule has 0 fully saturated rings. The van der Waals surface area contributed by atoms with E-state index >= 15 is 0 Å². The number of aliphatic imine (C=N–C) groups is 1. The van der Waals surface area contributed by atoms with Gasteiger partial charge < -0.3 is 11.1 Å². The molecule has 3 N–H and O–H groups in total. The highest BCUT2D eigenvalue weighted by atomic mass is 16.6. The van der Waals surface area contributed by atoms with Crippen LogP contribution in [0.25, 0.3) is 5.70 Å². The molecule has 0 aliphatic heterocycles. The number of anilines is 1. The fraction of sp³-hybridized carbons (Fsp3) is 0.0870. The fourth-order valence-electron chi connectivity index (χ4n) is 3.01. The molecule has 3 aromatic carbocycles. The van der Waals surface area contributed by atoms with Gasteiger partial charge in [-0.15, -0.1) is 0 Å². The molecule has 3 rings (SSSR count). The van der Waals surface area contributed by atoms with E-state index in [2.05, 4.69) is 16.9 Å². The van der Waals surface area contributed by atoms with Gasteiger partial charge in [-0.3, -0.25) is 15.1 Å². The highest BCUT2D eigenvalue weighted by Crippen LogP contribution is 2.21. The number of nitro groups is 1. The second kappa shape index (κ2) is 8.84. The Kier molecular flexibility index (Phi) is 6.04. The van der Waals surface area contributed by atoms with Crippen LogP contribution >= 0.6 is 0 Å². The summed E-state index contributed by atoms with van der Waals surface area (Å²) in [5.41, 5.74) is 10.7. The summed E-state index contributed by atoms with van der Waals surface area (Å²) in [5, 5.41) is 14.6. The Hall–Kier alpha value is -3.93. The summed E-state index contributed by atoms with van der Waals surface area (Å²) in [5.74, 6) is 0.509. The maximum Gasteiger partial charge on any atom is 0.274 e. The third-order valence-electron chi connectivity index (χ3n) is 4.55. The van der Waals surface area contributed by atoms with Crippen LogP contribution in [-0.2, 0) is 6.54 Å². The van der Waals surface area contributed by atoms with Crippen LogP contribution < -0.4 is 11.1 Å². The van der Waals surface area contributed by atoms with Crippen molar-refractivity contribution in [3.05, 3.63) is 112 Å². The van der Waals surface area contributed by atoms with Crippen molar-refractivity contribution in [2.24, 2.45) is 4.99 Å². The van der Waals surface area contributed by atoms with Gasteiger partial charge in [0, 0.05) is 28.6 Å². The number of nitrogens with two attached hydrogens (primary N) is 1. The second-order valence-electron chi connectivity index (χ2n) is 6.56. The molecule has 0 unspecified atom stereocenters. The Morgan fingerprint density at radius 1 is 1.03 bits per heavy atom. The molecule has 29 heavy (non-hydrogen) atoms. The van der Waals surface area contributed by atoms with Crippen LogP contribution in [0.1, 0.15) is 22.3 Å². The van der Waals surface area contributed by atoms with E-state index in [1.807, 2.05) is 49.4 Å². The average molecular weight is 386 g/mol. The number of hydrogen-bond acceptors (Lipinski definition) is 4. The van der Waals surface area contributed by atoms with E-state index < -0.39 is 4.92 Å². The quantitative estimate of drug-likeness (QED) is 0.211. The highest BCUT2D eigenvalue weighted by molar-refractivity contribution is 6.06. The molecule has 0 aromatic heterocycles. The average Bonchev–Trinajstić information content (AvgIpc) is 2.72. The van der Waals surface area contributed by atoms with Gasteiger partial charge in [0.1, 0.15) is 5.84 Å². The van der Waals surface area contributed by atoms with E-state index in [9.17, 15) is 10.1 Å². The predicted octanol–water partition coefficient (Wildman–Crippen LogP) is 4.69. The Balaban J connectivity index is 1.97. The summed E-state index contributed by atoms with van der Waals surface area (Å²) in [4.78, 5) is 15.5. The van der Waals surface area contributed by atoms with Gasteiger partial charge in [0.15, 0.2) is 0 Å². The first kappa shape index (κ1) is 19.8. The molecule has 146 valence electrons. The number of aryl methyl sites for hydroxylation is 1. The number of nitro benzene ring substituents is 1. The lowest BCUT2D eigenvalue weighted by Crippen LogP contribution is -2.24. The smallest absolute Gasteiger partial charge is 0.274 e. The summed E-state index contributed by atoms with van der Waals surface area (Å²) in [7, 11) is 0. The number of hydrogen-bond donors (Lipinski definition) is 2. The van der Waals surface area contributed by atoms with E-state index in [1.54, 1.807) is 24.3 Å². The number of nitrogen functional groups attached to an aromatic ring is 1. The molecule has 0 bridgehead atoms. The van der Waals surface area contributed by atoms with Gasteiger partial charge in [0.25, 0.3) is 5.69 Å². The van der Waals surface area contributed by atoms with Gasteiger partial charge in [-0.05, 0) is 24.6 Å². The van der Waals surface area contributed by atoms with Gasteiger partial charge in [-0.1, -0.05) is 61.2 Å². The van der Waals surface area contributed by atoms with Crippen molar-refractivity contribution in [1.82, 2.24) is 5.32 Å². The van der Waals surface area contributed by atoms with Crippen LogP contribution in [0.15, 0.2) is 84.4 Å². The van der Waals surface area contributed by atoms with Crippen molar-refractivity contribution in [2.45, 2.75) is 13.5 Å². The maximum absolute atomic E-state index is 11.3. The zero-order chi connectivity index (χ0) is 20.8. The minimum absolute atomic E-state index is 0.0364. The summed E-state index contributed by atoms with van der Waals surface area (Å²) < 4.78 is 0. The third kappa shape index (κ3) is 4.68. The Labute approximate surface area is 169 Å². The van der Waals surface area contributed by atoms with Crippen LogP contribution in [0.5, 0.6) is 0 Å². The first-order valence-electron chi connectivity index (χ1n) is 9.11. The summed E-state index contributed by atoms with van der Waals surface area (Å²) in [6.45, 7) is 6.28. The van der Waals surface area contributed by atoms with Crippen molar-refractivity contribution in [1.29, 1.82) is 0 Å². The first-order valence-corrected chi connectivity index (χ1v) is 9.11. The number of nitrogens with zero attached hydrogens (tertiary/aromatic N) is 2. The van der Waals surface area contributed by atoms with E-state index in [0.29, 0.717) is 28.3 Å². The number of benzene rings is 3. The molecule has 0 aliphatic rings. The predicted molar refractivity (Wildman–Crippen MR) is 118 cm³/mol. The van der Waals surface area contributed by atoms with Crippen LogP contribution in [-0.4, -0.2) is 10.8 Å². The number of rotatable bonds is 6. The van der Waals surface area contributed by atoms with Gasteiger partial charge in [-0.25, -0.2) is 0 Å². The van der Waals surface area contributed by atoms with Crippen molar-refractivity contribution < 1.29 is 4.92 Å². The molecule has 6 heteroatoms. The summed E-state index contributed by atoms with van der Waals surface area (Å²) >= 11 is 0. The fourth-order valence-corrected chi connectivity index (χ4v) is 3.01. The molecule has 0 radical (unpaired) electrons. The number of para-hydroxylation sites is 2. The topological polar surface area (TPSA) is 93.5 Å². The summed E-state index contributed by atoms with van der Waals surface area (Å²) in [6.07, 6.45) is 0. The zero-order valence-corrected chi connectivity index (χ0v) is 16.1. The van der Waals surface area contributed by atoms with Crippen LogP contribution in [0.4, 0.5) is 11.4 Å². The maximum atomic E-state index is 11.3. The Bertz CT molecular complexity index is 1090. The van der Waals surface area contributed by atoms with Gasteiger partial charge in [0.05, 0.1) is 17.0 Å². The van der Waals surface area contributed by atoms with Gasteiger partial charge in [-0.2, -0.15) is 0 Å². The Morgan fingerprint density at radius 3 is 2.34 bits per heavy atom. The van der Waals surface area contributed by atoms with Crippen molar-refractivity contribution in [3.63, 3.8) is 0 Å². The molecule has 6 nitrogen and oxygen atoms in total. The van der Waals surface area contributed by atoms with Crippen LogP contribution in [0.2, 0.25) is 0 Å². The number of nitrogens with one attached hydrogen (secondary N) is 1. The van der Waals surface area contributed by atoms with Crippen LogP contribution in [0, 0.1) is 17.0 Å². The monoisotopic (exact) mass is 386 g/mol. The molecule has 0 heterocycles. The van der Waals surface area contributed by atoms with Gasteiger partial charge >= 0.3 is 0 Å². The molecule has 3 aromatic rings. The van der Waals surface area contributed by atoms with Crippen LogP contribution in [0.3, 0.4) is 0 Å². The summed E-state index contributed by atoms with van der Waals surface area (Å²) in [6, 6.07) is 21.8. The minimum atomic E-state index is -0.402. The van der Waals surface area contributed by atoms with Gasteiger partial charge in [0.2, 0.25) is 0 Å². The highest BCUT2D eigenvalue weighted by Gasteiger charge is 2.14. The zero-order valence-electron chi connectivity index (χ0n) is 16.1. The molecule has 0 spiro atoms. The molecule has 0 saturated carbocycles. The van der Waals surface area contributed by atoms with E-state index in [-0.39, 0.29) is 12.2 Å².